The summed E-state index contributed by atoms with van der Waals surface area (Å²) in [7, 11) is 3.57. The highest BCUT2D eigenvalue weighted by Gasteiger charge is 2.06. The summed E-state index contributed by atoms with van der Waals surface area (Å²) in [6.07, 6.45) is 3.32. The predicted octanol–water partition coefficient (Wildman–Crippen LogP) is 0.193. The molecule has 0 fully saturated rings. The van der Waals surface area contributed by atoms with Gasteiger partial charge in [0.1, 0.15) is 10.8 Å². The molecule has 0 saturated heterocycles. The summed E-state index contributed by atoms with van der Waals surface area (Å²) in [6.45, 7) is 0. The molecule has 15 heavy (non-hydrogen) atoms. The maximum absolute atomic E-state index is 4.29. The Morgan fingerprint density at radius 1 is 1.40 bits per heavy atom. The smallest absolute Gasteiger partial charge is 0.215 e. The molecular formula is C7H9N7S. The molecule has 2 heterocycles. The standard InChI is InChI=1S/C7H9N7S/c1-8-5-3-9-4-6(10-5)15-7-11-12-13-14(7)2/h3-4H,1-2H3,(H,8,10). The Labute approximate surface area is 90.3 Å². The maximum atomic E-state index is 4.29. The van der Waals surface area contributed by atoms with Crippen molar-refractivity contribution in [2.45, 2.75) is 10.2 Å². The molecule has 0 aromatic carbocycles. The van der Waals surface area contributed by atoms with Crippen LogP contribution >= 0.6 is 11.8 Å². The van der Waals surface area contributed by atoms with Crippen molar-refractivity contribution in [3.63, 3.8) is 0 Å². The van der Waals surface area contributed by atoms with Gasteiger partial charge >= 0.3 is 0 Å². The second-order valence-electron chi connectivity index (χ2n) is 2.68. The molecule has 0 bridgehead atoms. The van der Waals surface area contributed by atoms with Crippen LogP contribution in [0.2, 0.25) is 0 Å². The number of tetrazole rings is 1. The molecule has 0 aliphatic rings. The number of rotatable bonds is 3. The van der Waals surface area contributed by atoms with Crippen LogP contribution in [0.25, 0.3) is 0 Å². The van der Waals surface area contributed by atoms with E-state index >= 15 is 0 Å². The first-order valence-electron chi connectivity index (χ1n) is 4.19. The highest BCUT2D eigenvalue weighted by Crippen LogP contribution is 2.22. The van der Waals surface area contributed by atoms with Crippen LogP contribution in [0.15, 0.2) is 22.6 Å². The third-order valence-corrected chi connectivity index (χ3v) is 2.58. The maximum Gasteiger partial charge on any atom is 0.215 e. The van der Waals surface area contributed by atoms with Gasteiger partial charge in [0, 0.05) is 14.1 Å². The number of nitrogens with zero attached hydrogens (tertiary/aromatic N) is 6. The van der Waals surface area contributed by atoms with Gasteiger partial charge in [-0.25, -0.2) is 9.67 Å². The first kappa shape index (κ1) is 9.84. The van der Waals surface area contributed by atoms with Crippen LogP contribution in [-0.2, 0) is 7.05 Å². The van der Waals surface area contributed by atoms with E-state index in [1.165, 1.54) is 11.8 Å². The average molecular weight is 223 g/mol. The van der Waals surface area contributed by atoms with Gasteiger partial charge in [-0.2, -0.15) is 0 Å². The Bertz CT molecular complexity index is 454. The van der Waals surface area contributed by atoms with Crippen LogP contribution in [0, 0.1) is 0 Å². The molecule has 0 aliphatic carbocycles. The van der Waals surface area contributed by atoms with Gasteiger partial charge in [-0.15, -0.1) is 5.10 Å². The van der Waals surface area contributed by atoms with Crippen molar-refractivity contribution in [3.8, 4) is 0 Å². The third kappa shape index (κ3) is 2.21. The van der Waals surface area contributed by atoms with Gasteiger partial charge in [0.05, 0.1) is 12.4 Å². The van der Waals surface area contributed by atoms with Crippen molar-refractivity contribution in [1.29, 1.82) is 0 Å². The second-order valence-corrected chi connectivity index (χ2v) is 3.67. The van der Waals surface area contributed by atoms with E-state index in [9.17, 15) is 0 Å². The zero-order chi connectivity index (χ0) is 10.7. The first-order valence-corrected chi connectivity index (χ1v) is 5.01. The predicted molar refractivity (Wildman–Crippen MR) is 54.5 cm³/mol. The van der Waals surface area contributed by atoms with Gasteiger partial charge in [0.25, 0.3) is 0 Å². The number of aromatic nitrogens is 6. The fourth-order valence-electron chi connectivity index (χ4n) is 0.919. The fourth-order valence-corrected chi connectivity index (χ4v) is 1.61. The van der Waals surface area contributed by atoms with Gasteiger partial charge in [-0.1, -0.05) is 0 Å². The van der Waals surface area contributed by atoms with Gasteiger partial charge in [-0.05, 0) is 22.2 Å². The Morgan fingerprint density at radius 3 is 2.93 bits per heavy atom. The van der Waals surface area contributed by atoms with Gasteiger partial charge in [0.2, 0.25) is 5.16 Å². The second kappa shape index (κ2) is 4.22. The van der Waals surface area contributed by atoms with Crippen LogP contribution < -0.4 is 5.32 Å². The Morgan fingerprint density at radius 2 is 2.27 bits per heavy atom. The molecule has 0 amide bonds. The summed E-state index contributed by atoms with van der Waals surface area (Å²) < 4.78 is 1.58. The SMILES string of the molecule is CNc1cncc(Sc2nnnn2C)n1. The summed E-state index contributed by atoms with van der Waals surface area (Å²) in [4.78, 5) is 8.33. The number of anilines is 1. The Kier molecular flexibility index (Phi) is 2.77. The van der Waals surface area contributed by atoms with E-state index in [0.29, 0.717) is 5.16 Å². The molecule has 2 aromatic heterocycles. The largest absolute Gasteiger partial charge is 0.372 e. The monoisotopic (exact) mass is 223 g/mol. The quantitative estimate of drug-likeness (QED) is 0.795. The van der Waals surface area contributed by atoms with Crippen LogP contribution in [0.4, 0.5) is 5.82 Å². The number of aryl methyl sites for hydroxylation is 1. The van der Waals surface area contributed by atoms with Crippen molar-refractivity contribution >= 4 is 17.6 Å². The van der Waals surface area contributed by atoms with E-state index in [0.717, 1.165) is 10.8 Å². The van der Waals surface area contributed by atoms with Crippen LogP contribution in [0.5, 0.6) is 0 Å². The lowest BCUT2D eigenvalue weighted by molar-refractivity contribution is 0.664. The molecule has 8 heteroatoms. The summed E-state index contributed by atoms with van der Waals surface area (Å²) >= 11 is 1.36. The Hall–Kier alpha value is -1.70. The lowest BCUT2D eigenvalue weighted by Crippen LogP contribution is -1.96. The molecular weight excluding hydrogens is 214 g/mol. The first-order chi connectivity index (χ1) is 7.29. The molecule has 0 atom stereocenters. The number of hydrogen-bond donors (Lipinski definition) is 1. The lowest BCUT2D eigenvalue weighted by Gasteiger charge is -2.01. The summed E-state index contributed by atoms with van der Waals surface area (Å²) in [6, 6.07) is 0. The fraction of sp³-hybridized carbons (Fsp3) is 0.286. The average Bonchev–Trinajstić information content (AvgIpc) is 2.65. The van der Waals surface area contributed by atoms with Crippen LogP contribution in [0.1, 0.15) is 0 Å². The van der Waals surface area contributed by atoms with Gasteiger partial charge < -0.3 is 5.32 Å². The summed E-state index contributed by atoms with van der Waals surface area (Å²) in [5, 5.41) is 15.5. The van der Waals surface area contributed by atoms with Crippen LogP contribution in [0.3, 0.4) is 0 Å². The topological polar surface area (TPSA) is 81.4 Å². The lowest BCUT2D eigenvalue weighted by atomic mass is 10.7. The van der Waals surface area contributed by atoms with E-state index < -0.39 is 0 Å². The molecule has 0 saturated carbocycles. The molecule has 1 N–H and O–H groups in total. The van der Waals surface area contributed by atoms with E-state index in [2.05, 4.69) is 30.8 Å². The number of hydrogen-bond acceptors (Lipinski definition) is 7. The minimum atomic E-state index is 0.678. The molecule has 0 radical (unpaired) electrons. The molecule has 0 aliphatic heterocycles. The van der Waals surface area contributed by atoms with Crippen LogP contribution in [-0.4, -0.2) is 37.2 Å². The van der Waals surface area contributed by atoms with Crippen molar-refractivity contribution < 1.29 is 0 Å². The molecule has 78 valence electrons. The Balaban J connectivity index is 2.21. The van der Waals surface area contributed by atoms with Crippen molar-refractivity contribution in [1.82, 2.24) is 30.2 Å². The van der Waals surface area contributed by atoms with Crippen molar-refractivity contribution in [2.24, 2.45) is 7.05 Å². The molecule has 2 rings (SSSR count). The summed E-state index contributed by atoms with van der Waals surface area (Å²) in [5.41, 5.74) is 0. The molecule has 0 spiro atoms. The zero-order valence-electron chi connectivity index (χ0n) is 8.25. The normalized spacial score (nSPS) is 10.3. The van der Waals surface area contributed by atoms with Gasteiger partial charge in [-0.3, -0.25) is 4.98 Å². The minimum Gasteiger partial charge on any atom is -0.372 e. The molecule has 7 nitrogen and oxygen atoms in total. The van der Waals surface area contributed by atoms with E-state index in [-0.39, 0.29) is 0 Å². The third-order valence-electron chi connectivity index (χ3n) is 1.65. The van der Waals surface area contributed by atoms with E-state index in [1.54, 1.807) is 31.2 Å². The van der Waals surface area contributed by atoms with E-state index in [4.69, 9.17) is 0 Å². The highest BCUT2D eigenvalue weighted by atomic mass is 32.2. The van der Waals surface area contributed by atoms with E-state index in [1.807, 2.05) is 0 Å². The summed E-state index contributed by atoms with van der Waals surface area (Å²) in [5.74, 6) is 0.718. The minimum absolute atomic E-state index is 0.678. The van der Waals surface area contributed by atoms with Crippen molar-refractivity contribution in [3.05, 3.63) is 12.4 Å². The van der Waals surface area contributed by atoms with Crippen molar-refractivity contribution in [2.75, 3.05) is 12.4 Å². The highest BCUT2D eigenvalue weighted by molar-refractivity contribution is 7.99. The number of nitrogens with one attached hydrogen (secondary N) is 1. The van der Waals surface area contributed by atoms with Gasteiger partial charge in [0.15, 0.2) is 0 Å². The molecule has 2 aromatic rings. The molecule has 0 unspecified atom stereocenters. The zero-order valence-corrected chi connectivity index (χ0v) is 9.06.